The lowest BCUT2D eigenvalue weighted by Crippen LogP contribution is -2.28. The Kier molecular flexibility index (Phi) is 6.25. The Morgan fingerprint density at radius 2 is 1.90 bits per heavy atom. The lowest BCUT2D eigenvalue weighted by Gasteiger charge is -2.21. The second-order valence-electron chi connectivity index (χ2n) is 7.18. The summed E-state index contributed by atoms with van der Waals surface area (Å²) in [5, 5.41) is 3.57. The minimum Gasteiger partial charge on any atom is -0.493 e. The number of benzene rings is 2. The molecule has 1 saturated heterocycles. The van der Waals surface area contributed by atoms with Crippen LogP contribution in [-0.4, -0.2) is 36.0 Å². The number of aromatic nitrogens is 1. The molecule has 1 unspecified atom stereocenters. The number of likely N-dealkylation sites (tertiary alicyclic amines) is 1. The summed E-state index contributed by atoms with van der Waals surface area (Å²) < 4.78 is 11.7. The van der Waals surface area contributed by atoms with Gasteiger partial charge in [0.05, 0.1) is 18.4 Å². The third-order valence-electron chi connectivity index (χ3n) is 5.15. The number of thiazole rings is 1. The topological polar surface area (TPSA) is 51.7 Å². The van der Waals surface area contributed by atoms with Crippen LogP contribution in [0.5, 0.6) is 11.5 Å². The summed E-state index contributed by atoms with van der Waals surface area (Å²) in [6.07, 6.45) is 1.73. The Bertz CT molecular complexity index is 1030. The minimum absolute atomic E-state index is 0.0197. The van der Waals surface area contributed by atoms with Crippen molar-refractivity contribution in [1.82, 2.24) is 9.88 Å². The molecule has 3 aromatic rings. The molecule has 0 N–H and O–H groups in total. The Morgan fingerprint density at radius 1 is 1.17 bits per heavy atom. The fourth-order valence-electron chi connectivity index (χ4n) is 3.49. The Labute approximate surface area is 185 Å². The van der Waals surface area contributed by atoms with Gasteiger partial charge in [0.15, 0.2) is 11.5 Å². The van der Waals surface area contributed by atoms with Crippen LogP contribution in [-0.2, 0) is 0 Å². The van der Waals surface area contributed by atoms with E-state index in [2.05, 4.69) is 0 Å². The summed E-state index contributed by atoms with van der Waals surface area (Å²) in [5.41, 5.74) is 2.33. The maximum Gasteiger partial charge on any atom is 0.257 e. The van der Waals surface area contributed by atoms with E-state index in [-0.39, 0.29) is 12.0 Å². The van der Waals surface area contributed by atoms with Gasteiger partial charge in [0, 0.05) is 29.1 Å². The molecular formula is C23H23ClN2O3S. The van der Waals surface area contributed by atoms with Gasteiger partial charge in [0.2, 0.25) is 0 Å². The number of para-hydroxylation sites is 1. The average molecular weight is 443 g/mol. The SMILES string of the molecule is COc1cccc(C(=O)N2CCCC2)c1OC(C)c1csc(-c2ccc(Cl)cc2)n1. The molecule has 1 atom stereocenters. The van der Waals surface area contributed by atoms with Crippen LogP contribution in [0.15, 0.2) is 47.8 Å². The van der Waals surface area contributed by atoms with Gasteiger partial charge >= 0.3 is 0 Å². The van der Waals surface area contributed by atoms with E-state index in [4.69, 9.17) is 26.1 Å². The standard InChI is InChI=1S/C23H23ClN2O3S/c1-15(19-14-30-22(25-19)16-8-10-17(24)11-9-16)29-21-18(6-5-7-20(21)28-2)23(27)26-12-3-4-13-26/h5-11,14-15H,3-4,12-13H2,1-2H3. The smallest absolute Gasteiger partial charge is 0.257 e. The molecule has 4 rings (SSSR count). The van der Waals surface area contributed by atoms with Crippen LogP contribution in [0.25, 0.3) is 10.6 Å². The fourth-order valence-corrected chi connectivity index (χ4v) is 4.53. The number of amides is 1. The normalized spacial score (nSPS) is 14.6. The van der Waals surface area contributed by atoms with E-state index >= 15 is 0 Å². The number of carbonyl (C=O) groups excluding carboxylic acids is 1. The number of methoxy groups -OCH3 is 1. The molecule has 0 aliphatic carbocycles. The summed E-state index contributed by atoms with van der Waals surface area (Å²) >= 11 is 7.53. The van der Waals surface area contributed by atoms with E-state index in [1.165, 1.54) is 0 Å². The highest BCUT2D eigenvalue weighted by atomic mass is 35.5. The van der Waals surface area contributed by atoms with Gasteiger partial charge in [-0.1, -0.05) is 29.8 Å². The second kappa shape index (κ2) is 9.06. The largest absolute Gasteiger partial charge is 0.493 e. The highest BCUT2D eigenvalue weighted by molar-refractivity contribution is 7.13. The summed E-state index contributed by atoms with van der Waals surface area (Å²) in [7, 11) is 1.58. The van der Waals surface area contributed by atoms with Crippen molar-refractivity contribution < 1.29 is 14.3 Å². The molecule has 2 aromatic carbocycles. The Balaban J connectivity index is 1.59. The minimum atomic E-state index is -0.344. The molecule has 1 amide bonds. The van der Waals surface area contributed by atoms with Gasteiger partial charge in [-0.05, 0) is 44.0 Å². The van der Waals surface area contributed by atoms with Crippen molar-refractivity contribution in [2.75, 3.05) is 20.2 Å². The van der Waals surface area contributed by atoms with Crippen molar-refractivity contribution in [3.8, 4) is 22.1 Å². The number of hydrogen-bond acceptors (Lipinski definition) is 5. The van der Waals surface area contributed by atoms with Crippen molar-refractivity contribution in [2.45, 2.75) is 25.9 Å². The molecule has 0 saturated carbocycles. The summed E-state index contributed by atoms with van der Waals surface area (Å²) in [4.78, 5) is 19.6. The zero-order valence-corrected chi connectivity index (χ0v) is 18.5. The van der Waals surface area contributed by atoms with Gasteiger partial charge in [-0.15, -0.1) is 11.3 Å². The molecule has 156 valence electrons. The molecule has 1 fully saturated rings. The first-order valence-corrected chi connectivity index (χ1v) is 11.2. The molecule has 0 bridgehead atoms. The second-order valence-corrected chi connectivity index (χ2v) is 8.48. The van der Waals surface area contributed by atoms with Crippen molar-refractivity contribution >= 4 is 28.8 Å². The maximum atomic E-state index is 13.0. The van der Waals surface area contributed by atoms with Gasteiger partial charge in [-0.2, -0.15) is 0 Å². The monoisotopic (exact) mass is 442 g/mol. The molecule has 2 heterocycles. The predicted octanol–water partition coefficient (Wildman–Crippen LogP) is 5.85. The van der Waals surface area contributed by atoms with E-state index in [9.17, 15) is 4.79 Å². The van der Waals surface area contributed by atoms with Gasteiger partial charge in [0.1, 0.15) is 11.1 Å². The molecule has 1 aliphatic heterocycles. The molecule has 5 nitrogen and oxygen atoms in total. The summed E-state index contributed by atoms with van der Waals surface area (Å²) in [6, 6.07) is 13.0. The van der Waals surface area contributed by atoms with E-state index in [1.54, 1.807) is 24.5 Å². The number of nitrogens with zero attached hydrogens (tertiary/aromatic N) is 2. The molecule has 0 spiro atoms. The first-order valence-electron chi connectivity index (χ1n) is 9.91. The first kappa shape index (κ1) is 20.7. The van der Waals surface area contributed by atoms with Crippen molar-refractivity contribution in [1.29, 1.82) is 0 Å². The fraction of sp³-hybridized carbons (Fsp3) is 0.304. The maximum absolute atomic E-state index is 13.0. The summed E-state index contributed by atoms with van der Waals surface area (Å²) in [6.45, 7) is 3.49. The molecule has 1 aliphatic rings. The predicted molar refractivity (Wildman–Crippen MR) is 120 cm³/mol. The van der Waals surface area contributed by atoms with E-state index in [0.717, 1.165) is 42.2 Å². The summed E-state index contributed by atoms with van der Waals surface area (Å²) in [5.74, 6) is 0.985. The zero-order valence-electron chi connectivity index (χ0n) is 16.9. The first-order chi connectivity index (χ1) is 14.6. The van der Waals surface area contributed by atoms with Crippen LogP contribution in [0.1, 0.15) is 41.9 Å². The molecule has 7 heteroatoms. The van der Waals surface area contributed by atoms with Crippen LogP contribution < -0.4 is 9.47 Å². The average Bonchev–Trinajstić information content (AvgIpc) is 3.46. The van der Waals surface area contributed by atoms with Gasteiger partial charge < -0.3 is 14.4 Å². The lowest BCUT2D eigenvalue weighted by atomic mass is 10.1. The number of hydrogen-bond donors (Lipinski definition) is 0. The number of carbonyl (C=O) groups is 1. The third kappa shape index (κ3) is 4.30. The van der Waals surface area contributed by atoms with Crippen LogP contribution in [0.3, 0.4) is 0 Å². The number of ether oxygens (including phenoxy) is 2. The van der Waals surface area contributed by atoms with Crippen LogP contribution in [0.2, 0.25) is 5.02 Å². The molecular weight excluding hydrogens is 420 g/mol. The van der Waals surface area contributed by atoms with Crippen molar-refractivity contribution in [3.63, 3.8) is 0 Å². The van der Waals surface area contributed by atoms with Crippen molar-refractivity contribution in [2.24, 2.45) is 0 Å². The highest BCUT2D eigenvalue weighted by Gasteiger charge is 2.26. The van der Waals surface area contributed by atoms with E-state index < -0.39 is 0 Å². The van der Waals surface area contributed by atoms with Crippen LogP contribution in [0.4, 0.5) is 0 Å². The van der Waals surface area contributed by atoms with Crippen molar-refractivity contribution in [3.05, 3.63) is 64.1 Å². The van der Waals surface area contributed by atoms with Crippen LogP contribution >= 0.6 is 22.9 Å². The quantitative estimate of drug-likeness (QED) is 0.480. The number of rotatable bonds is 6. The Hall–Kier alpha value is -2.57. The van der Waals surface area contributed by atoms with E-state index in [0.29, 0.717) is 22.1 Å². The lowest BCUT2D eigenvalue weighted by molar-refractivity contribution is 0.0784. The molecule has 30 heavy (non-hydrogen) atoms. The van der Waals surface area contributed by atoms with Crippen LogP contribution in [0, 0.1) is 0 Å². The van der Waals surface area contributed by atoms with Gasteiger partial charge in [-0.25, -0.2) is 4.98 Å². The third-order valence-corrected chi connectivity index (χ3v) is 6.31. The highest BCUT2D eigenvalue weighted by Crippen LogP contribution is 2.37. The number of halogens is 1. The van der Waals surface area contributed by atoms with Gasteiger partial charge in [0.25, 0.3) is 5.91 Å². The molecule has 1 aromatic heterocycles. The van der Waals surface area contributed by atoms with Gasteiger partial charge in [-0.3, -0.25) is 4.79 Å². The molecule has 0 radical (unpaired) electrons. The zero-order chi connectivity index (χ0) is 21.1. The van der Waals surface area contributed by atoms with E-state index in [1.807, 2.05) is 53.6 Å². The Morgan fingerprint density at radius 3 is 2.60 bits per heavy atom.